The second-order valence-electron chi connectivity index (χ2n) is 3.46. The van der Waals surface area contributed by atoms with Crippen LogP contribution in [-0.4, -0.2) is 17.5 Å². The van der Waals surface area contributed by atoms with Gasteiger partial charge in [0.1, 0.15) is 0 Å². The van der Waals surface area contributed by atoms with E-state index in [-0.39, 0.29) is 29.3 Å². The molecule has 2 unspecified atom stereocenters. The van der Waals surface area contributed by atoms with E-state index >= 15 is 0 Å². The molecule has 0 aromatic heterocycles. The van der Waals surface area contributed by atoms with Crippen LogP contribution < -0.4 is 0 Å². The second-order valence-corrected chi connectivity index (χ2v) is 6.37. The normalized spacial score (nSPS) is 12.4. The summed E-state index contributed by atoms with van der Waals surface area (Å²) in [6, 6.07) is 12.6. The third kappa shape index (κ3) is 8.25. The summed E-state index contributed by atoms with van der Waals surface area (Å²) in [5.41, 5.74) is 0. The fourth-order valence-electron chi connectivity index (χ4n) is 1.11. The molecule has 2 rings (SSSR count). The Labute approximate surface area is 151 Å². The van der Waals surface area contributed by atoms with E-state index in [1.807, 2.05) is 0 Å². The van der Waals surface area contributed by atoms with Gasteiger partial charge in [0.25, 0.3) is 0 Å². The molecule has 21 heavy (non-hydrogen) atoms. The first-order chi connectivity index (χ1) is 9.40. The molecule has 0 spiro atoms. The monoisotopic (exact) mass is 410 g/mol. The summed E-state index contributed by atoms with van der Waals surface area (Å²) in [6.45, 7) is 0. The summed E-state index contributed by atoms with van der Waals surface area (Å²) in [4.78, 5) is 2.10. The van der Waals surface area contributed by atoms with Gasteiger partial charge in [-0.15, -0.1) is 25.3 Å². The Hall–Kier alpha value is -0.0166. The fourth-order valence-corrected chi connectivity index (χ4v) is 2.13. The van der Waals surface area contributed by atoms with Gasteiger partial charge in [0.2, 0.25) is 0 Å². The first-order valence-electron chi connectivity index (χ1n) is 5.16. The first-order valence-corrected chi connectivity index (χ1v) is 8.21. The summed E-state index contributed by atoms with van der Waals surface area (Å²) in [5, 5.41) is 0. The molecule has 9 heteroatoms. The molecule has 0 aliphatic heterocycles. The maximum absolute atomic E-state index is 10.3. The van der Waals surface area contributed by atoms with Crippen LogP contribution in [-0.2, 0) is 41.6 Å². The Morgan fingerprint density at radius 3 is 1.10 bits per heavy atom. The maximum atomic E-state index is 10.3. The summed E-state index contributed by atoms with van der Waals surface area (Å²) >= 11 is 3.76. The number of rotatable bonds is 2. The van der Waals surface area contributed by atoms with Crippen LogP contribution in [0.4, 0.5) is 0 Å². The predicted octanol–water partition coefficient (Wildman–Crippen LogP) is 2.42. The van der Waals surface area contributed by atoms with Crippen molar-refractivity contribution in [3.63, 3.8) is 0 Å². The van der Waals surface area contributed by atoms with Gasteiger partial charge >= 0.3 is 19.5 Å². The standard InChI is InChI=1S/2C6H6O2S2.Zn/c2*7-10(8)6-3-1-5(9)2-4-6;/h2*1-4,9H,(H,7,8);/q;;+2/p-2. The van der Waals surface area contributed by atoms with Crippen molar-refractivity contribution >= 4 is 47.4 Å². The molecular weight excluding hydrogens is 402 g/mol. The van der Waals surface area contributed by atoms with E-state index in [9.17, 15) is 17.5 Å². The van der Waals surface area contributed by atoms with Crippen LogP contribution in [0.1, 0.15) is 0 Å². The van der Waals surface area contributed by atoms with Gasteiger partial charge < -0.3 is 9.11 Å². The zero-order valence-electron chi connectivity index (χ0n) is 10.7. The van der Waals surface area contributed by atoms with Gasteiger partial charge in [-0.2, -0.15) is 0 Å². The Bertz CT molecular complexity index is 546. The second kappa shape index (κ2) is 10.7. The number of hydrogen-bond donors (Lipinski definition) is 2. The van der Waals surface area contributed by atoms with Crippen LogP contribution in [0.2, 0.25) is 0 Å². The molecule has 0 aliphatic rings. The van der Waals surface area contributed by atoms with Crippen LogP contribution in [0, 0.1) is 0 Å². The van der Waals surface area contributed by atoms with E-state index in [1.54, 1.807) is 24.3 Å². The van der Waals surface area contributed by atoms with Gasteiger partial charge in [0.05, 0.1) is 0 Å². The van der Waals surface area contributed by atoms with Crippen molar-refractivity contribution in [1.29, 1.82) is 0 Å². The average molecular weight is 412 g/mol. The molecule has 108 valence electrons. The average Bonchev–Trinajstić information content (AvgIpc) is 2.40. The van der Waals surface area contributed by atoms with Gasteiger partial charge in [0.15, 0.2) is 0 Å². The molecule has 0 bridgehead atoms. The van der Waals surface area contributed by atoms with Gasteiger partial charge in [-0.25, -0.2) is 0 Å². The number of thiol groups is 2. The first kappa shape index (κ1) is 21.0. The zero-order valence-corrected chi connectivity index (χ0v) is 17.1. The van der Waals surface area contributed by atoms with E-state index in [4.69, 9.17) is 0 Å². The van der Waals surface area contributed by atoms with Crippen molar-refractivity contribution in [3.8, 4) is 0 Å². The molecule has 0 heterocycles. The summed E-state index contributed by atoms with van der Waals surface area (Å²) < 4.78 is 41.1. The minimum Gasteiger partial charge on any atom is -0.768 e. The Morgan fingerprint density at radius 1 is 0.667 bits per heavy atom. The number of hydrogen-bond acceptors (Lipinski definition) is 6. The molecule has 0 amide bonds. The molecule has 2 aromatic rings. The van der Waals surface area contributed by atoms with Gasteiger partial charge in [-0.1, -0.05) is 0 Å². The quantitative estimate of drug-likeness (QED) is 0.452. The summed E-state index contributed by atoms with van der Waals surface area (Å²) in [7, 11) is 0. The van der Waals surface area contributed by atoms with Crippen molar-refractivity contribution in [2.75, 3.05) is 0 Å². The molecule has 0 saturated heterocycles. The van der Waals surface area contributed by atoms with Crippen molar-refractivity contribution in [3.05, 3.63) is 48.5 Å². The third-order valence-corrected chi connectivity index (χ3v) is 3.97. The molecule has 0 saturated carbocycles. The topological polar surface area (TPSA) is 80.3 Å². The van der Waals surface area contributed by atoms with Crippen LogP contribution in [0.25, 0.3) is 0 Å². The summed E-state index contributed by atoms with van der Waals surface area (Å²) in [6.07, 6.45) is 0. The third-order valence-electron chi connectivity index (χ3n) is 2.06. The zero-order chi connectivity index (χ0) is 15.1. The molecule has 0 aliphatic carbocycles. The van der Waals surface area contributed by atoms with Crippen LogP contribution in [0.15, 0.2) is 68.1 Å². The fraction of sp³-hybridized carbons (Fsp3) is 0. The van der Waals surface area contributed by atoms with Crippen LogP contribution >= 0.6 is 25.3 Å². The Balaban J connectivity index is 0.000000364. The molecule has 0 fully saturated rings. The Kier molecular flexibility index (Phi) is 10.7. The van der Waals surface area contributed by atoms with Gasteiger partial charge in [-0.05, 0) is 70.7 Å². The minimum absolute atomic E-state index is 0. The number of benzene rings is 2. The summed E-state index contributed by atoms with van der Waals surface area (Å²) in [5.74, 6) is 0. The SMILES string of the molecule is O=S([O-])c1ccc(S)cc1.O=S([O-])c1ccc(S)cc1.[Zn+2]. The van der Waals surface area contributed by atoms with Gasteiger partial charge in [0, 0.05) is 19.6 Å². The molecule has 4 nitrogen and oxygen atoms in total. The van der Waals surface area contributed by atoms with E-state index in [0.29, 0.717) is 0 Å². The van der Waals surface area contributed by atoms with Crippen LogP contribution in [0.3, 0.4) is 0 Å². The largest absolute Gasteiger partial charge is 2.00 e. The predicted molar refractivity (Wildman–Crippen MR) is 81.8 cm³/mol. The maximum Gasteiger partial charge on any atom is 2.00 e. The van der Waals surface area contributed by atoms with Crippen molar-refractivity contribution < 1.29 is 37.0 Å². The molecule has 0 radical (unpaired) electrons. The van der Waals surface area contributed by atoms with Crippen molar-refractivity contribution in [2.45, 2.75) is 19.6 Å². The molecule has 2 aromatic carbocycles. The smallest absolute Gasteiger partial charge is 0.768 e. The molecular formula is C12H10O4S4Zn. The van der Waals surface area contributed by atoms with E-state index < -0.39 is 22.2 Å². The van der Waals surface area contributed by atoms with Crippen LogP contribution in [0.5, 0.6) is 0 Å². The van der Waals surface area contributed by atoms with Crippen molar-refractivity contribution in [2.24, 2.45) is 0 Å². The minimum atomic E-state index is -2.12. The van der Waals surface area contributed by atoms with Gasteiger partial charge in [-0.3, -0.25) is 8.42 Å². The molecule has 0 N–H and O–H groups in total. The van der Waals surface area contributed by atoms with E-state index in [1.165, 1.54) is 24.3 Å². The van der Waals surface area contributed by atoms with E-state index in [0.717, 1.165) is 9.79 Å². The Morgan fingerprint density at radius 2 is 0.905 bits per heavy atom. The van der Waals surface area contributed by atoms with E-state index in [2.05, 4.69) is 25.3 Å². The molecule has 2 atom stereocenters. The van der Waals surface area contributed by atoms with Crippen molar-refractivity contribution in [1.82, 2.24) is 0 Å².